The number of unbranched alkanes of at least 4 members (excludes halogenated alkanes) is 2. The quantitative estimate of drug-likeness (QED) is 0.425. The molecule has 86 valence electrons. The van der Waals surface area contributed by atoms with Crippen LogP contribution in [0.1, 0.15) is 39.5 Å². The van der Waals surface area contributed by atoms with Gasteiger partial charge in [-0.15, -0.1) is 0 Å². The van der Waals surface area contributed by atoms with Crippen LogP contribution in [0.2, 0.25) is 0 Å². The molecule has 0 spiro atoms. The fourth-order valence-electron chi connectivity index (χ4n) is 0.686. The molecule has 0 atom stereocenters. The molecule has 1 N–H and O–H groups in total. The van der Waals surface area contributed by atoms with E-state index in [0.29, 0.717) is 0 Å². The van der Waals surface area contributed by atoms with Gasteiger partial charge in [0.15, 0.2) is 0 Å². The van der Waals surface area contributed by atoms with E-state index < -0.39 is 7.82 Å². The van der Waals surface area contributed by atoms with Gasteiger partial charge in [-0.25, -0.2) is 4.57 Å². The van der Waals surface area contributed by atoms with Crippen LogP contribution in [0.15, 0.2) is 0 Å². The smallest absolute Gasteiger partial charge is 0.302 e. The van der Waals surface area contributed by atoms with Crippen molar-refractivity contribution in [2.45, 2.75) is 39.5 Å². The third kappa shape index (κ3) is 10.9. The molecule has 0 aliphatic carbocycles. The van der Waals surface area contributed by atoms with Gasteiger partial charge in [0, 0.05) is 21.1 Å². The van der Waals surface area contributed by atoms with Crippen LogP contribution in [0.3, 0.4) is 0 Å². The zero-order chi connectivity index (χ0) is 10.2. The SMILES string of the molecule is CCCCOP(=O)(O)OCCCC.[Mo]. The van der Waals surface area contributed by atoms with Crippen LogP contribution < -0.4 is 0 Å². The summed E-state index contributed by atoms with van der Waals surface area (Å²) in [6, 6.07) is 0. The largest absolute Gasteiger partial charge is 0.472 e. The predicted molar refractivity (Wildman–Crippen MR) is 51.5 cm³/mol. The Kier molecular flexibility index (Phi) is 12.7. The minimum absolute atomic E-state index is 0. The maximum atomic E-state index is 11.1. The van der Waals surface area contributed by atoms with Crippen LogP contribution in [0.4, 0.5) is 0 Å². The molecule has 6 heteroatoms. The normalized spacial score (nSPS) is 11.1. The molecule has 0 fully saturated rings. The fourth-order valence-corrected chi connectivity index (χ4v) is 1.48. The van der Waals surface area contributed by atoms with Crippen molar-refractivity contribution in [3.05, 3.63) is 0 Å². The van der Waals surface area contributed by atoms with E-state index in [1.165, 1.54) is 0 Å². The number of hydrogen-bond acceptors (Lipinski definition) is 3. The molecular formula is C8H19MoO4P. The van der Waals surface area contributed by atoms with E-state index >= 15 is 0 Å². The van der Waals surface area contributed by atoms with E-state index in [4.69, 9.17) is 13.9 Å². The molecule has 0 unspecified atom stereocenters. The molecule has 0 aromatic carbocycles. The summed E-state index contributed by atoms with van der Waals surface area (Å²) in [6.07, 6.45) is 3.44. The minimum atomic E-state index is -3.75. The van der Waals surface area contributed by atoms with Gasteiger partial charge in [-0.1, -0.05) is 26.7 Å². The number of hydrogen-bond donors (Lipinski definition) is 1. The third-order valence-electron chi connectivity index (χ3n) is 1.50. The minimum Gasteiger partial charge on any atom is -0.302 e. The average molecular weight is 306 g/mol. The van der Waals surface area contributed by atoms with Crippen LogP contribution in [-0.4, -0.2) is 18.1 Å². The van der Waals surface area contributed by atoms with Crippen LogP contribution >= 0.6 is 7.82 Å². The van der Waals surface area contributed by atoms with Gasteiger partial charge in [-0.05, 0) is 12.8 Å². The molecule has 0 amide bonds. The first-order chi connectivity index (χ1) is 6.12. The average Bonchev–Trinajstić information content (AvgIpc) is 2.05. The standard InChI is InChI=1S/C8H19O4P.Mo/c1-3-5-7-11-13(9,10)12-8-6-4-2;/h3-8H2,1-2H3,(H,9,10);. The Hall–Kier alpha value is 0.798. The first-order valence-electron chi connectivity index (χ1n) is 4.74. The van der Waals surface area contributed by atoms with Gasteiger partial charge < -0.3 is 4.89 Å². The summed E-state index contributed by atoms with van der Waals surface area (Å²) >= 11 is 0. The zero-order valence-electron chi connectivity index (χ0n) is 8.77. The monoisotopic (exact) mass is 308 g/mol. The molecular weight excluding hydrogens is 287 g/mol. The molecule has 4 nitrogen and oxygen atoms in total. The van der Waals surface area contributed by atoms with Gasteiger partial charge in [-0.3, -0.25) is 9.05 Å². The third-order valence-corrected chi connectivity index (χ3v) is 2.52. The summed E-state index contributed by atoms with van der Waals surface area (Å²) in [6.45, 7) is 4.56. The summed E-state index contributed by atoms with van der Waals surface area (Å²) in [4.78, 5) is 9.08. The van der Waals surface area contributed by atoms with Crippen LogP contribution in [0, 0.1) is 0 Å². The van der Waals surface area contributed by atoms with Crippen molar-refractivity contribution in [2.24, 2.45) is 0 Å². The number of phosphoric acid groups is 1. The van der Waals surface area contributed by atoms with Crippen molar-refractivity contribution in [1.82, 2.24) is 0 Å². The van der Waals surface area contributed by atoms with Gasteiger partial charge in [0.25, 0.3) is 0 Å². The van der Waals surface area contributed by atoms with Crippen molar-refractivity contribution in [3.63, 3.8) is 0 Å². The van der Waals surface area contributed by atoms with Crippen molar-refractivity contribution in [2.75, 3.05) is 13.2 Å². The van der Waals surface area contributed by atoms with Crippen molar-refractivity contribution in [3.8, 4) is 0 Å². The summed E-state index contributed by atoms with van der Waals surface area (Å²) in [5.41, 5.74) is 0. The predicted octanol–water partition coefficient (Wildman–Crippen LogP) is 2.72. The summed E-state index contributed by atoms with van der Waals surface area (Å²) in [7, 11) is -3.75. The summed E-state index contributed by atoms with van der Waals surface area (Å²) < 4.78 is 20.5. The van der Waals surface area contributed by atoms with E-state index in [-0.39, 0.29) is 34.3 Å². The van der Waals surface area contributed by atoms with Gasteiger partial charge in [0.05, 0.1) is 13.2 Å². The van der Waals surface area contributed by atoms with E-state index in [0.717, 1.165) is 25.7 Å². The topological polar surface area (TPSA) is 55.8 Å². The Labute approximate surface area is 100 Å². The molecule has 0 bridgehead atoms. The van der Waals surface area contributed by atoms with Gasteiger partial charge >= 0.3 is 7.82 Å². The van der Waals surface area contributed by atoms with E-state index in [1.807, 2.05) is 13.8 Å². The fraction of sp³-hybridized carbons (Fsp3) is 1.00. The summed E-state index contributed by atoms with van der Waals surface area (Å²) in [5, 5.41) is 0. The zero-order valence-corrected chi connectivity index (χ0v) is 11.7. The Bertz CT molecular complexity index is 151. The second-order valence-electron chi connectivity index (χ2n) is 2.84. The van der Waals surface area contributed by atoms with E-state index in [9.17, 15) is 4.57 Å². The molecule has 0 rings (SSSR count). The van der Waals surface area contributed by atoms with Crippen LogP contribution in [0.5, 0.6) is 0 Å². The molecule has 0 heterocycles. The Balaban J connectivity index is 0. The molecule has 14 heavy (non-hydrogen) atoms. The van der Waals surface area contributed by atoms with Crippen molar-refractivity contribution in [1.29, 1.82) is 0 Å². The van der Waals surface area contributed by atoms with E-state index in [2.05, 4.69) is 0 Å². The maximum Gasteiger partial charge on any atom is 0.472 e. The molecule has 0 aromatic rings. The van der Waals surface area contributed by atoms with Crippen molar-refractivity contribution < 1.29 is 39.6 Å². The molecule has 0 saturated heterocycles. The Morgan fingerprint density at radius 2 is 1.43 bits per heavy atom. The Morgan fingerprint density at radius 1 is 1.07 bits per heavy atom. The molecule has 0 aliphatic heterocycles. The van der Waals surface area contributed by atoms with Gasteiger partial charge in [0.1, 0.15) is 0 Å². The number of rotatable bonds is 8. The molecule has 0 aromatic heterocycles. The summed E-state index contributed by atoms with van der Waals surface area (Å²) in [5.74, 6) is 0. The first kappa shape index (κ1) is 17.2. The second-order valence-corrected chi connectivity index (χ2v) is 4.30. The van der Waals surface area contributed by atoms with Crippen molar-refractivity contribution >= 4 is 7.82 Å². The molecule has 0 radical (unpaired) electrons. The number of phosphoric ester groups is 1. The Morgan fingerprint density at radius 3 is 1.71 bits per heavy atom. The maximum absolute atomic E-state index is 11.1. The van der Waals surface area contributed by atoms with Gasteiger partial charge in [-0.2, -0.15) is 0 Å². The second kappa shape index (κ2) is 10.3. The van der Waals surface area contributed by atoms with E-state index in [1.54, 1.807) is 0 Å². The van der Waals surface area contributed by atoms with Crippen LogP contribution in [-0.2, 0) is 34.7 Å². The first-order valence-corrected chi connectivity index (χ1v) is 6.23. The molecule has 0 saturated carbocycles. The van der Waals surface area contributed by atoms with Crippen LogP contribution in [0.25, 0.3) is 0 Å². The van der Waals surface area contributed by atoms with Gasteiger partial charge in [0.2, 0.25) is 0 Å². The molecule has 0 aliphatic rings.